The summed E-state index contributed by atoms with van der Waals surface area (Å²) in [7, 11) is 0. The zero-order valence-electron chi connectivity index (χ0n) is 7.76. The van der Waals surface area contributed by atoms with Crippen LogP contribution in [0.25, 0.3) is 0 Å². The van der Waals surface area contributed by atoms with E-state index in [-0.39, 0.29) is 12.1 Å². The van der Waals surface area contributed by atoms with E-state index in [4.69, 9.17) is 0 Å². The van der Waals surface area contributed by atoms with Gasteiger partial charge < -0.3 is 10.6 Å². The summed E-state index contributed by atoms with van der Waals surface area (Å²) in [6, 6.07) is 0. The van der Waals surface area contributed by atoms with Crippen molar-refractivity contribution in [2.75, 3.05) is 26.2 Å². The third kappa shape index (κ3) is 2.79. The molecule has 1 saturated heterocycles. The fraction of sp³-hybridized carbons (Fsp3) is 0.875. The highest BCUT2D eigenvalue weighted by atomic mass is 16.1. The lowest BCUT2D eigenvalue weighted by atomic mass is 10.3. The first-order valence-corrected chi connectivity index (χ1v) is 4.42. The number of carbonyl (C=O) groups excluding carboxylic acids is 1. The number of hydrogen-bond donors (Lipinski definition) is 2. The van der Waals surface area contributed by atoms with E-state index >= 15 is 0 Å². The van der Waals surface area contributed by atoms with Crippen LogP contribution in [0, 0.1) is 0 Å². The molecule has 1 atom stereocenters. The van der Waals surface area contributed by atoms with Gasteiger partial charge in [-0.25, -0.2) is 0 Å². The number of carbonyl (C=O) groups is 1. The van der Waals surface area contributed by atoms with E-state index in [1.54, 1.807) is 6.92 Å². The zero-order chi connectivity index (χ0) is 8.97. The summed E-state index contributed by atoms with van der Waals surface area (Å²) in [4.78, 5) is 13.0. The summed E-state index contributed by atoms with van der Waals surface area (Å²) in [5, 5.41) is 6.14. The Bertz CT molecular complexity index is 154. The maximum atomic E-state index is 10.7. The number of piperazine rings is 1. The number of rotatable bonds is 2. The lowest BCUT2D eigenvalue weighted by Gasteiger charge is -2.32. The summed E-state index contributed by atoms with van der Waals surface area (Å²) in [6.45, 7) is 7.64. The van der Waals surface area contributed by atoms with Crippen molar-refractivity contribution in [1.29, 1.82) is 0 Å². The number of hydrogen-bond acceptors (Lipinski definition) is 3. The van der Waals surface area contributed by atoms with Crippen molar-refractivity contribution < 1.29 is 4.79 Å². The summed E-state index contributed by atoms with van der Waals surface area (Å²) < 4.78 is 0. The average Bonchev–Trinajstić information content (AvgIpc) is 2.05. The Morgan fingerprint density at radius 3 is 2.58 bits per heavy atom. The molecule has 1 aliphatic heterocycles. The molecule has 2 N–H and O–H groups in total. The van der Waals surface area contributed by atoms with Crippen LogP contribution in [0.1, 0.15) is 13.8 Å². The van der Waals surface area contributed by atoms with Crippen molar-refractivity contribution in [3.8, 4) is 0 Å². The molecule has 4 heteroatoms. The van der Waals surface area contributed by atoms with Crippen molar-refractivity contribution >= 4 is 5.91 Å². The number of amides is 1. The van der Waals surface area contributed by atoms with Crippen LogP contribution >= 0.6 is 0 Å². The van der Waals surface area contributed by atoms with Gasteiger partial charge in [0.05, 0.1) is 6.17 Å². The summed E-state index contributed by atoms with van der Waals surface area (Å²) >= 11 is 0. The maximum absolute atomic E-state index is 10.7. The summed E-state index contributed by atoms with van der Waals surface area (Å²) in [6.07, 6.45) is 0.171. The second-order valence-corrected chi connectivity index (χ2v) is 3.16. The van der Waals surface area contributed by atoms with Gasteiger partial charge >= 0.3 is 0 Å². The Morgan fingerprint density at radius 2 is 2.08 bits per heavy atom. The van der Waals surface area contributed by atoms with Crippen molar-refractivity contribution in [3.05, 3.63) is 0 Å². The van der Waals surface area contributed by atoms with Crippen molar-refractivity contribution in [2.45, 2.75) is 20.0 Å². The smallest absolute Gasteiger partial charge is 0.218 e. The van der Waals surface area contributed by atoms with Crippen LogP contribution in [-0.4, -0.2) is 43.2 Å². The van der Waals surface area contributed by atoms with E-state index in [2.05, 4.69) is 15.5 Å². The van der Waals surface area contributed by atoms with Gasteiger partial charge in [0.1, 0.15) is 0 Å². The molecule has 0 saturated carbocycles. The zero-order valence-corrected chi connectivity index (χ0v) is 7.76. The van der Waals surface area contributed by atoms with Gasteiger partial charge in [-0.05, 0) is 6.92 Å². The van der Waals surface area contributed by atoms with Gasteiger partial charge in [-0.15, -0.1) is 0 Å². The van der Waals surface area contributed by atoms with Crippen LogP contribution in [0.2, 0.25) is 0 Å². The van der Waals surface area contributed by atoms with E-state index in [0.29, 0.717) is 0 Å². The molecule has 0 aliphatic carbocycles. The van der Waals surface area contributed by atoms with Gasteiger partial charge in [0.2, 0.25) is 5.91 Å². The first-order chi connectivity index (χ1) is 5.70. The fourth-order valence-electron chi connectivity index (χ4n) is 1.45. The highest BCUT2D eigenvalue weighted by molar-refractivity contribution is 5.73. The molecular formula is C8H17N3O. The lowest BCUT2D eigenvalue weighted by molar-refractivity contribution is -0.120. The van der Waals surface area contributed by atoms with Gasteiger partial charge in [-0.3, -0.25) is 9.69 Å². The molecule has 70 valence electrons. The molecule has 1 amide bonds. The van der Waals surface area contributed by atoms with E-state index in [1.165, 1.54) is 0 Å². The highest BCUT2D eigenvalue weighted by Gasteiger charge is 2.15. The van der Waals surface area contributed by atoms with Gasteiger partial charge in [0, 0.05) is 33.1 Å². The molecule has 0 aromatic rings. The molecule has 1 heterocycles. The van der Waals surface area contributed by atoms with Crippen molar-refractivity contribution in [1.82, 2.24) is 15.5 Å². The first-order valence-electron chi connectivity index (χ1n) is 4.42. The highest BCUT2D eigenvalue weighted by Crippen LogP contribution is 1.97. The van der Waals surface area contributed by atoms with Crippen LogP contribution in [0.3, 0.4) is 0 Å². The topological polar surface area (TPSA) is 44.4 Å². The molecule has 0 radical (unpaired) electrons. The predicted molar refractivity (Wildman–Crippen MR) is 47.7 cm³/mol. The molecule has 1 aliphatic rings. The Morgan fingerprint density at radius 1 is 1.50 bits per heavy atom. The Labute approximate surface area is 73.3 Å². The number of nitrogens with one attached hydrogen (secondary N) is 2. The summed E-state index contributed by atoms with van der Waals surface area (Å²) in [5.74, 6) is 0.0426. The maximum Gasteiger partial charge on any atom is 0.218 e. The summed E-state index contributed by atoms with van der Waals surface area (Å²) in [5.41, 5.74) is 0. The standard InChI is InChI=1S/C8H17N3O/c1-7(10-8(2)12)11-5-3-9-4-6-11/h7,9H,3-6H2,1-2H3,(H,10,12). The fourth-order valence-corrected chi connectivity index (χ4v) is 1.45. The first kappa shape index (κ1) is 9.48. The molecule has 0 aromatic heterocycles. The van der Waals surface area contributed by atoms with Crippen LogP contribution in [0.4, 0.5) is 0 Å². The third-order valence-electron chi connectivity index (χ3n) is 2.11. The van der Waals surface area contributed by atoms with E-state index in [0.717, 1.165) is 26.2 Å². The van der Waals surface area contributed by atoms with E-state index in [9.17, 15) is 4.79 Å². The van der Waals surface area contributed by atoms with Gasteiger partial charge in [-0.2, -0.15) is 0 Å². The molecule has 0 aromatic carbocycles. The normalized spacial score (nSPS) is 21.8. The number of nitrogens with zero attached hydrogens (tertiary/aromatic N) is 1. The molecule has 12 heavy (non-hydrogen) atoms. The molecule has 1 rings (SSSR count). The Kier molecular flexibility index (Phi) is 3.49. The predicted octanol–water partition coefficient (Wildman–Crippen LogP) is -0.626. The minimum absolute atomic E-state index is 0.0426. The molecule has 0 spiro atoms. The third-order valence-corrected chi connectivity index (χ3v) is 2.11. The van der Waals surface area contributed by atoms with Gasteiger partial charge in [-0.1, -0.05) is 0 Å². The second-order valence-electron chi connectivity index (χ2n) is 3.16. The Hall–Kier alpha value is -0.610. The largest absolute Gasteiger partial charge is 0.341 e. The van der Waals surface area contributed by atoms with Gasteiger partial charge in [0.15, 0.2) is 0 Å². The van der Waals surface area contributed by atoms with Crippen LogP contribution in [0.15, 0.2) is 0 Å². The molecule has 1 fully saturated rings. The lowest BCUT2D eigenvalue weighted by Crippen LogP contribution is -2.53. The van der Waals surface area contributed by atoms with Gasteiger partial charge in [0.25, 0.3) is 0 Å². The second kappa shape index (κ2) is 4.42. The minimum Gasteiger partial charge on any atom is -0.341 e. The van der Waals surface area contributed by atoms with Crippen molar-refractivity contribution in [3.63, 3.8) is 0 Å². The molecular weight excluding hydrogens is 154 g/mol. The van der Waals surface area contributed by atoms with Crippen LogP contribution < -0.4 is 10.6 Å². The average molecular weight is 171 g/mol. The SMILES string of the molecule is CC(=O)NC(C)N1CCNCC1. The quantitative estimate of drug-likeness (QED) is 0.581. The Balaban J connectivity index is 2.29. The molecule has 1 unspecified atom stereocenters. The molecule has 0 bridgehead atoms. The minimum atomic E-state index is 0.0426. The monoisotopic (exact) mass is 171 g/mol. The van der Waals surface area contributed by atoms with Crippen LogP contribution in [-0.2, 0) is 4.79 Å². The van der Waals surface area contributed by atoms with Crippen LogP contribution in [0.5, 0.6) is 0 Å². The van der Waals surface area contributed by atoms with E-state index < -0.39 is 0 Å². The van der Waals surface area contributed by atoms with Crippen molar-refractivity contribution in [2.24, 2.45) is 0 Å². The van der Waals surface area contributed by atoms with E-state index in [1.807, 2.05) is 6.92 Å². The molecule has 4 nitrogen and oxygen atoms in total.